The van der Waals surface area contributed by atoms with Gasteiger partial charge in [0.1, 0.15) is 24.4 Å². The number of benzene rings is 3. The van der Waals surface area contributed by atoms with E-state index < -0.39 is 28.2 Å². The second-order valence-electron chi connectivity index (χ2n) is 12.3. The number of rotatable bonds is 14. The van der Waals surface area contributed by atoms with E-state index in [9.17, 15) is 18.0 Å². The third kappa shape index (κ3) is 8.73. The van der Waals surface area contributed by atoms with Crippen molar-refractivity contribution in [3.05, 3.63) is 101 Å². The van der Waals surface area contributed by atoms with Gasteiger partial charge in [-0.15, -0.1) is 0 Å². The Morgan fingerprint density at radius 3 is 2.17 bits per heavy atom. The van der Waals surface area contributed by atoms with E-state index in [-0.39, 0.29) is 12.5 Å². The van der Waals surface area contributed by atoms with E-state index in [4.69, 9.17) is 4.74 Å². The second-order valence-corrected chi connectivity index (χ2v) is 14.2. The molecule has 2 atom stereocenters. The number of fused-ring (bicyclic) bond motifs is 1. The molecule has 10 nitrogen and oxygen atoms in total. The van der Waals surface area contributed by atoms with E-state index in [2.05, 4.69) is 42.6 Å². The van der Waals surface area contributed by atoms with Gasteiger partial charge in [0.2, 0.25) is 11.8 Å². The molecule has 4 rings (SSSR count). The molecule has 1 heterocycles. The molecule has 3 aromatic carbocycles. The van der Waals surface area contributed by atoms with Gasteiger partial charge in [-0.2, -0.15) is 17.4 Å². The van der Waals surface area contributed by atoms with Gasteiger partial charge in [-0.1, -0.05) is 66.7 Å². The van der Waals surface area contributed by atoms with E-state index in [1.165, 1.54) is 19.0 Å². The van der Waals surface area contributed by atoms with Crippen LogP contribution in [0.15, 0.2) is 78.9 Å². The summed E-state index contributed by atoms with van der Waals surface area (Å²) in [5.74, 6) is -0.147. The Morgan fingerprint density at radius 2 is 1.57 bits per heavy atom. The molecule has 1 aliphatic heterocycles. The number of nitrogens with one attached hydrogen (secondary N) is 2. The van der Waals surface area contributed by atoms with Crippen LogP contribution in [0.3, 0.4) is 0 Å². The van der Waals surface area contributed by atoms with Gasteiger partial charge in [0.05, 0.1) is 0 Å². The van der Waals surface area contributed by atoms with Crippen molar-refractivity contribution in [3.8, 4) is 5.75 Å². The number of hydrogen-bond donors (Lipinski definition) is 2. The van der Waals surface area contributed by atoms with Crippen LogP contribution >= 0.6 is 0 Å². The summed E-state index contributed by atoms with van der Waals surface area (Å²) in [4.78, 5) is 32.2. The van der Waals surface area contributed by atoms with Crippen molar-refractivity contribution in [2.24, 2.45) is 0 Å². The average Bonchev–Trinajstić information content (AvgIpc) is 3.04. The van der Waals surface area contributed by atoms with Crippen LogP contribution in [0.4, 0.5) is 0 Å². The van der Waals surface area contributed by atoms with E-state index in [0.29, 0.717) is 55.1 Å². The molecule has 0 fully saturated rings. The third-order valence-electron chi connectivity index (χ3n) is 8.25. The fraction of sp³-hybridized carbons (Fsp3) is 0.429. The van der Waals surface area contributed by atoms with Crippen LogP contribution in [0, 0.1) is 0 Å². The highest BCUT2D eigenvalue weighted by molar-refractivity contribution is 7.87. The summed E-state index contributed by atoms with van der Waals surface area (Å²) in [6.45, 7) is 10.2. The maximum Gasteiger partial charge on any atom is 0.279 e. The molecule has 248 valence electrons. The number of ether oxygens (including phenoxy) is 1. The molecule has 1 aliphatic rings. The van der Waals surface area contributed by atoms with Crippen molar-refractivity contribution in [2.75, 3.05) is 33.7 Å². The molecule has 0 saturated heterocycles. The van der Waals surface area contributed by atoms with Gasteiger partial charge in [0.15, 0.2) is 0 Å². The van der Waals surface area contributed by atoms with Gasteiger partial charge in [0.25, 0.3) is 10.2 Å². The Labute approximate surface area is 273 Å². The number of amides is 2. The Kier molecular flexibility index (Phi) is 12.0. The molecular formula is C35H47N5O5S. The topological polar surface area (TPSA) is 111 Å². The molecule has 0 aromatic heterocycles. The lowest BCUT2D eigenvalue weighted by Crippen LogP contribution is -2.52. The average molecular weight is 650 g/mol. The van der Waals surface area contributed by atoms with Crippen LogP contribution in [0.25, 0.3) is 0 Å². The van der Waals surface area contributed by atoms with Gasteiger partial charge in [0, 0.05) is 45.8 Å². The second kappa shape index (κ2) is 15.7. The van der Waals surface area contributed by atoms with E-state index in [1.54, 1.807) is 30.3 Å². The predicted octanol–water partition coefficient (Wildman–Crippen LogP) is 4.06. The zero-order chi connectivity index (χ0) is 33.4. The lowest BCUT2D eigenvalue weighted by molar-refractivity contribution is -0.142. The molecule has 2 N–H and O–H groups in total. The number of carbonyl (C=O) groups excluding carboxylic acids is 2. The Balaban J connectivity index is 1.66. The largest absolute Gasteiger partial charge is 0.489 e. The van der Waals surface area contributed by atoms with Crippen molar-refractivity contribution in [1.29, 1.82) is 0 Å². The molecule has 0 bridgehead atoms. The molecule has 2 unspecified atom stereocenters. The summed E-state index contributed by atoms with van der Waals surface area (Å²) in [7, 11) is -1.19. The van der Waals surface area contributed by atoms with Crippen LogP contribution in [0.1, 0.15) is 62.0 Å². The van der Waals surface area contributed by atoms with Crippen molar-refractivity contribution >= 4 is 22.0 Å². The fourth-order valence-electron chi connectivity index (χ4n) is 5.80. The summed E-state index contributed by atoms with van der Waals surface area (Å²) in [6.07, 6.45) is 0.476. The molecule has 46 heavy (non-hydrogen) atoms. The Hall–Kier alpha value is -3.77. The molecular weight excluding hydrogens is 602 g/mol. The molecule has 0 aliphatic carbocycles. The molecule has 0 radical (unpaired) electrons. The molecule has 11 heteroatoms. The first kappa shape index (κ1) is 35.1. The highest BCUT2D eigenvalue weighted by Gasteiger charge is 2.40. The standard InChI is InChI=1S/C35H47N5O5S/c1-25(2)39(26(3)4)22-20-36-34(41)33-31-18-17-30(45-24-27-13-9-7-10-14-27)23-29(31)19-21-40(33)35(42)32(28-15-11-8-12-16-28)37-46(43,44)38(5)6/h7-18,23,25-26,32-33,37H,19-22,24H2,1-6H3,(H,36,41). The van der Waals surface area contributed by atoms with Crippen molar-refractivity contribution in [1.82, 2.24) is 24.1 Å². The number of hydrogen-bond acceptors (Lipinski definition) is 6. The summed E-state index contributed by atoms with van der Waals surface area (Å²) in [5, 5.41) is 3.07. The number of nitrogens with zero attached hydrogens (tertiary/aromatic N) is 3. The summed E-state index contributed by atoms with van der Waals surface area (Å²) < 4.78 is 35.6. The van der Waals surface area contributed by atoms with Gasteiger partial charge < -0.3 is 15.0 Å². The summed E-state index contributed by atoms with van der Waals surface area (Å²) in [6, 6.07) is 22.6. The van der Waals surface area contributed by atoms with Crippen molar-refractivity contribution < 1.29 is 22.7 Å². The lowest BCUT2D eigenvalue weighted by atomic mass is 9.90. The van der Waals surface area contributed by atoms with Gasteiger partial charge in [-0.05, 0) is 68.5 Å². The summed E-state index contributed by atoms with van der Waals surface area (Å²) >= 11 is 0. The van der Waals surface area contributed by atoms with Crippen molar-refractivity contribution in [2.45, 2.75) is 64.9 Å². The SMILES string of the molecule is CC(C)N(CCNC(=O)C1c2ccc(OCc3ccccc3)cc2CCN1C(=O)C(NS(=O)(=O)N(C)C)c1ccccc1)C(C)C. The van der Waals surface area contributed by atoms with Gasteiger partial charge in [-0.3, -0.25) is 14.5 Å². The minimum absolute atomic E-state index is 0.225. The first-order chi connectivity index (χ1) is 21.9. The monoisotopic (exact) mass is 649 g/mol. The minimum atomic E-state index is -3.99. The smallest absolute Gasteiger partial charge is 0.279 e. The van der Waals surface area contributed by atoms with Crippen molar-refractivity contribution in [3.63, 3.8) is 0 Å². The van der Waals surface area contributed by atoms with Gasteiger partial charge in [-0.25, -0.2) is 0 Å². The maximum atomic E-state index is 14.4. The predicted molar refractivity (Wildman–Crippen MR) is 180 cm³/mol. The zero-order valence-electron chi connectivity index (χ0n) is 27.6. The molecule has 3 aromatic rings. The van der Waals surface area contributed by atoms with Crippen LogP contribution < -0.4 is 14.8 Å². The number of carbonyl (C=O) groups is 2. The first-order valence-corrected chi connectivity index (χ1v) is 17.2. The Bertz CT molecular complexity index is 1560. The van der Waals surface area contributed by atoms with Crippen LogP contribution in [-0.2, 0) is 32.8 Å². The molecule has 0 saturated carbocycles. The van der Waals surface area contributed by atoms with E-state index >= 15 is 0 Å². The third-order valence-corrected chi connectivity index (χ3v) is 9.74. The first-order valence-electron chi connectivity index (χ1n) is 15.8. The quantitative estimate of drug-likeness (QED) is 0.273. The van der Waals surface area contributed by atoms with Crippen LogP contribution in [0.5, 0.6) is 5.75 Å². The lowest BCUT2D eigenvalue weighted by Gasteiger charge is -2.39. The van der Waals surface area contributed by atoms with Gasteiger partial charge >= 0.3 is 0 Å². The minimum Gasteiger partial charge on any atom is -0.489 e. The normalized spacial score (nSPS) is 15.7. The van der Waals surface area contributed by atoms with E-state index in [1.807, 2.05) is 48.5 Å². The highest BCUT2D eigenvalue weighted by atomic mass is 32.2. The fourth-order valence-corrected chi connectivity index (χ4v) is 6.54. The Morgan fingerprint density at radius 1 is 0.935 bits per heavy atom. The molecule has 2 amide bonds. The zero-order valence-corrected chi connectivity index (χ0v) is 28.5. The van der Waals surface area contributed by atoms with E-state index in [0.717, 1.165) is 15.4 Å². The summed E-state index contributed by atoms with van der Waals surface area (Å²) in [5.41, 5.74) is 3.12. The maximum absolute atomic E-state index is 14.4. The highest BCUT2D eigenvalue weighted by Crippen LogP contribution is 2.35. The van der Waals surface area contributed by atoms with Crippen LogP contribution in [0.2, 0.25) is 0 Å². The molecule has 0 spiro atoms. The van der Waals surface area contributed by atoms with Crippen LogP contribution in [-0.4, -0.2) is 80.2 Å².